The summed E-state index contributed by atoms with van der Waals surface area (Å²) in [5, 5.41) is 3.65. The Morgan fingerprint density at radius 2 is 1.90 bits per heavy atom. The van der Waals surface area contributed by atoms with Gasteiger partial charge in [-0.2, -0.15) is 5.10 Å². The molecule has 7 heteroatoms. The summed E-state index contributed by atoms with van der Waals surface area (Å²) in [5.74, 6) is -0.284. The zero-order chi connectivity index (χ0) is 16.2. The van der Waals surface area contributed by atoms with E-state index in [4.69, 9.17) is 0 Å². The van der Waals surface area contributed by atoms with Crippen molar-refractivity contribution >= 4 is 15.9 Å². The van der Waals surface area contributed by atoms with Crippen molar-refractivity contribution in [1.29, 1.82) is 0 Å². The molecule has 0 unspecified atom stereocenters. The maximum Gasteiger partial charge on any atom is 0.239 e. The lowest BCUT2D eigenvalue weighted by atomic mass is 10.1. The van der Waals surface area contributed by atoms with Crippen molar-refractivity contribution in [2.75, 3.05) is 0 Å². The molecule has 0 aliphatic rings. The van der Waals surface area contributed by atoms with Crippen molar-refractivity contribution in [1.82, 2.24) is 14.5 Å². The summed E-state index contributed by atoms with van der Waals surface area (Å²) in [5.41, 5.74) is 0.563. The molecule has 1 rings (SSSR count). The first-order chi connectivity index (χ1) is 9.61. The monoisotopic (exact) mass is 315 g/mol. The van der Waals surface area contributed by atoms with Crippen LogP contribution in [-0.2, 0) is 21.2 Å². The van der Waals surface area contributed by atoms with E-state index in [1.54, 1.807) is 23.9 Å². The van der Waals surface area contributed by atoms with E-state index in [9.17, 15) is 13.2 Å². The quantitative estimate of drug-likeness (QED) is 0.833. The van der Waals surface area contributed by atoms with Gasteiger partial charge in [-0.1, -0.05) is 13.8 Å². The molecule has 1 aromatic rings. The fourth-order valence-electron chi connectivity index (χ4n) is 2.01. The molecule has 0 saturated heterocycles. The van der Waals surface area contributed by atoms with Gasteiger partial charge in [-0.15, -0.1) is 0 Å². The van der Waals surface area contributed by atoms with Gasteiger partial charge in [0.15, 0.2) is 0 Å². The van der Waals surface area contributed by atoms with Gasteiger partial charge < -0.3 is 0 Å². The van der Waals surface area contributed by atoms with Crippen LogP contribution in [0.3, 0.4) is 0 Å². The number of carbonyl (C=O) groups excluding carboxylic acids is 1. The van der Waals surface area contributed by atoms with Crippen LogP contribution in [0.4, 0.5) is 0 Å². The summed E-state index contributed by atoms with van der Waals surface area (Å²) < 4.78 is 27.9. The molecule has 0 spiro atoms. The molecule has 0 bridgehead atoms. The highest BCUT2D eigenvalue weighted by Crippen LogP contribution is 2.11. The van der Waals surface area contributed by atoms with Gasteiger partial charge in [0, 0.05) is 12.2 Å². The molecule has 1 N–H and O–H groups in total. The lowest BCUT2D eigenvalue weighted by Gasteiger charge is -2.15. The fraction of sp³-hybridized carbons (Fsp3) is 0.714. The zero-order valence-corrected chi connectivity index (χ0v) is 14.1. The van der Waals surface area contributed by atoms with E-state index < -0.39 is 21.2 Å². The van der Waals surface area contributed by atoms with E-state index in [-0.39, 0.29) is 18.4 Å². The van der Waals surface area contributed by atoms with Gasteiger partial charge in [0.25, 0.3) is 0 Å². The Morgan fingerprint density at radius 3 is 2.38 bits per heavy atom. The number of sulfonamides is 1. The van der Waals surface area contributed by atoms with Gasteiger partial charge in [0.2, 0.25) is 15.9 Å². The molecule has 1 atom stereocenters. The van der Waals surface area contributed by atoms with Crippen molar-refractivity contribution < 1.29 is 13.2 Å². The van der Waals surface area contributed by atoms with Gasteiger partial charge in [0.1, 0.15) is 0 Å². The van der Waals surface area contributed by atoms with Crippen LogP contribution in [0.1, 0.15) is 52.8 Å². The van der Waals surface area contributed by atoms with Crippen LogP contribution < -0.4 is 4.72 Å². The first-order valence-electron chi connectivity index (χ1n) is 7.20. The summed E-state index contributed by atoms with van der Waals surface area (Å²) in [6.07, 6.45) is 2.26. The van der Waals surface area contributed by atoms with Crippen LogP contribution >= 0.6 is 0 Å². The van der Waals surface area contributed by atoms with E-state index >= 15 is 0 Å². The Hall–Kier alpha value is -1.37. The Bertz CT molecular complexity index is 576. The second-order valence-corrected chi connectivity index (χ2v) is 8.17. The van der Waals surface area contributed by atoms with Crippen LogP contribution in [0.15, 0.2) is 12.3 Å². The largest absolute Gasteiger partial charge is 0.274 e. The third kappa shape index (κ3) is 5.49. The number of nitrogens with zero attached hydrogens (tertiary/aromatic N) is 2. The molecule has 0 radical (unpaired) electrons. The number of nitrogens with one attached hydrogen (secondary N) is 1. The first kappa shape index (κ1) is 17.7. The molecule has 6 nitrogen and oxygen atoms in total. The maximum atomic E-state index is 12.0. The molecule has 0 aliphatic heterocycles. The number of hydrogen-bond acceptors (Lipinski definition) is 4. The van der Waals surface area contributed by atoms with Crippen molar-refractivity contribution in [3.8, 4) is 0 Å². The summed E-state index contributed by atoms with van der Waals surface area (Å²) in [7, 11) is -3.62. The minimum absolute atomic E-state index is 0.0344. The predicted octanol–water partition coefficient (Wildman–Crippen LogP) is 1.89. The summed E-state index contributed by atoms with van der Waals surface area (Å²) >= 11 is 0. The van der Waals surface area contributed by atoms with Crippen LogP contribution in [-0.4, -0.2) is 29.4 Å². The molecule has 21 heavy (non-hydrogen) atoms. The number of rotatable bonds is 7. The Morgan fingerprint density at radius 1 is 1.29 bits per heavy atom. The van der Waals surface area contributed by atoms with Gasteiger partial charge in [-0.3, -0.25) is 14.2 Å². The highest BCUT2D eigenvalue weighted by molar-refractivity contribution is 7.90. The lowest BCUT2D eigenvalue weighted by molar-refractivity contribution is -0.118. The molecule has 0 fully saturated rings. The van der Waals surface area contributed by atoms with Crippen molar-refractivity contribution in [2.45, 2.75) is 58.8 Å². The lowest BCUT2D eigenvalue weighted by Crippen LogP contribution is -2.38. The second kappa shape index (κ2) is 7.06. The molecule has 1 aromatic heterocycles. The zero-order valence-electron chi connectivity index (χ0n) is 13.3. The average Bonchev–Trinajstić information content (AvgIpc) is 2.75. The topological polar surface area (TPSA) is 81.1 Å². The fourth-order valence-corrected chi connectivity index (χ4v) is 3.24. The standard InChI is InChI=1S/C14H25N3O3S/c1-10(2)8-12(5)21(19,20)16-14(18)9-13-6-7-17(15-13)11(3)4/h6-7,10-12H,8-9H2,1-5H3,(H,16,18)/t12-/m0/s1. The Balaban J connectivity index is 2.63. The van der Waals surface area contributed by atoms with E-state index in [1.807, 2.05) is 27.7 Å². The summed E-state index contributed by atoms with van der Waals surface area (Å²) in [6.45, 7) is 9.48. The summed E-state index contributed by atoms with van der Waals surface area (Å²) in [6, 6.07) is 1.93. The highest BCUT2D eigenvalue weighted by atomic mass is 32.2. The van der Waals surface area contributed by atoms with Gasteiger partial charge in [-0.05, 0) is 39.2 Å². The molecule has 120 valence electrons. The van der Waals surface area contributed by atoms with Crippen LogP contribution in [0.2, 0.25) is 0 Å². The van der Waals surface area contributed by atoms with Crippen molar-refractivity contribution in [2.24, 2.45) is 5.92 Å². The molecule has 1 heterocycles. The van der Waals surface area contributed by atoms with Crippen LogP contribution in [0, 0.1) is 5.92 Å². The van der Waals surface area contributed by atoms with E-state index in [0.717, 1.165) is 0 Å². The Kier molecular flexibility index (Phi) is 5.95. The molecule has 0 aromatic carbocycles. The number of carbonyl (C=O) groups is 1. The number of amides is 1. The third-order valence-corrected chi connectivity index (χ3v) is 4.89. The molecule has 0 saturated carbocycles. The number of aromatic nitrogens is 2. The molecule has 1 amide bonds. The van der Waals surface area contributed by atoms with E-state index in [1.165, 1.54) is 0 Å². The Labute approximate surface area is 127 Å². The smallest absolute Gasteiger partial charge is 0.239 e. The summed E-state index contributed by atoms with van der Waals surface area (Å²) in [4.78, 5) is 11.9. The normalized spacial score (nSPS) is 13.7. The van der Waals surface area contributed by atoms with Gasteiger partial charge >= 0.3 is 0 Å². The van der Waals surface area contributed by atoms with Gasteiger partial charge in [-0.25, -0.2) is 8.42 Å². The van der Waals surface area contributed by atoms with E-state index in [0.29, 0.717) is 12.1 Å². The van der Waals surface area contributed by atoms with Crippen molar-refractivity contribution in [3.05, 3.63) is 18.0 Å². The SMILES string of the molecule is CC(C)C[C@H](C)S(=O)(=O)NC(=O)Cc1ccn(C(C)C)n1. The molecular weight excluding hydrogens is 290 g/mol. The average molecular weight is 315 g/mol. The third-order valence-electron chi connectivity index (χ3n) is 3.12. The van der Waals surface area contributed by atoms with E-state index in [2.05, 4.69) is 9.82 Å². The van der Waals surface area contributed by atoms with Crippen molar-refractivity contribution in [3.63, 3.8) is 0 Å². The maximum absolute atomic E-state index is 12.0. The number of hydrogen-bond donors (Lipinski definition) is 1. The van der Waals surface area contributed by atoms with Crippen LogP contribution in [0.25, 0.3) is 0 Å². The minimum Gasteiger partial charge on any atom is -0.274 e. The molecular formula is C14H25N3O3S. The second-order valence-electron chi connectivity index (χ2n) is 6.07. The molecule has 0 aliphatic carbocycles. The first-order valence-corrected chi connectivity index (χ1v) is 8.75. The predicted molar refractivity (Wildman–Crippen MR) is 82.3 cm³/mol. The minimum atomic E-state index is -3.62. The van der Waals surface area contributed by atoms with Crippen LogP contribution in [0.5, 0.6) is 0 Å². The highest BCUT2D eigenvalue weighted by Gasteiger charge is 2.24. The van der Waals surface area contributed by atoms with Gasteiger partial charge in [0.05, 0.1) is 17.4 Å².